The summed E-state index contributed by atoms with van der Waals surface area (Å²) in [6.07, 6.45) is 5.50. The molecule has 0 unspecified atom stereocenters. The molecule has 2 aromatic rings. The highest BCUT2D eigenvalue weighted by molar-refractivity contribution is 6.10. The normalized spacial score (nSPS) is 14.6. The molecule has 0 spiro atoms. The monoisotopic (exact) mass is 353 g/mol. The third kappa shape index (κ3) is 4.41. The Kier molecular flexibility index (Phi) is 5.21. The summed E-state index contributed by atoms with van der Waals surface area (Å²) in [7, 11) is 0. The first kappa shape index (κ1) is 17.5. The third-order valence-corrected chi connectivity index (χ3v) is 3.87. The third-order valence-electron chi connectivity index (χ3n) is 3.87. The van der Waals surface area contributed by atoms with Crippen LogP contribution in [0.5, 0.6) is 0 Å². The number of hydrogen-bond acceptors (Lipinski definition) is 5. The second kappa shape index (κ2) is 7.73. The number of nitrogens with one attached hydrogen (secondary N) is 4. The summed E-state index contributed by atoms with van der Waals surface area (Å²) in [4.78, 5) is 23.4. The van der Waals surface area contributed by atoms with Crippen molar-refractivity contribution in [2.45, 2.75) is 25.8 Å². The van der Waals surface area contributed by atoms with Crippen LogP contribution in [0.4, 0.5) is 10.7 Å². The van der Waals surface area contributed by atoms with Crippen LogP contribution in [0.15, 0.2) is 41.8 Å². The maximum Gasteiger partial charge on any atom is 0.321 e. The molecule has 2 amide bonds. The van der Waals surface area contributed by atoms with Crippen LogP contribution in [-0.2, 0) is 0 Å². The lowest BCUT2D eigenvalue weighted by molar-refractivity contribution is 0.252. The molecular weight excluding hydrogens is 330 g/mol. The smallest absolute Gasteiger partial charge is 0.321 e. The maximum atomic E-state index is 11.6. The molecule has 1 aromatic heterocycles. The molecule has 1 heterocycles. The van der Waals surface area contributed by atoms with Gasteiger partial charge in [-0.25, -0.2) is 14.8 Å². The van der Waals surface area contributed by atoms with Gasteiger partial charge in [-0.1, -0.05) is 12.6 Å². The molecule has 1 fully saturated rings. The molecule has 26 heavy (non-hydrogen) atoms. The number of urea groups is 1. The average Bonchev–Trinajstić information content (AvgIpc) is 3.32. The van der Waals surface area contributed by atoms with E-state index in [1.807, 2.05) is 25.1 Å². The van der Waals surface area contributed by atoms with Crippen molar-refractivity contribution in [1.29, 1.82) is 0 Å². The fraction of sp³-hybridized carbons (Fsp3) is 0.278. The molecule has 0 aliphatic heterocycles. The molecule has 8 nitrogen and oxygen atoms in total. The van der Waals surface area contributed by atoms with Crippen molar-refractivity contribution in [3.8, 4) is 0 Å². The fourth-order valence-corrected chi connectivity index (χ4v) is 2.42. The number of allylic oxidation sites excluding steroid dienone is 1. The Morgan fingerprint density at radius 1 is 1.50 bits per heavy atom. The Hall–Kier alpha value is -3.29. The summed E-state index contributed by atoms with van der Waals surface area (Å²) >= 11 is 0. The number of imidazole rings is 1. The second-order valence-corrected chi connectivity index (χ2v) is 6.05. The highest BCUT2D eigenvalue weighted by Gasteiger charge is 2.20. The van der Waals surface area contributed by atoms with E-state index in [0.717, 1.165) is 35.0 Å². The quantitative estimate of drug-likeness (QED) is 0.490. The first-order valence-electron chi connectivity index (χ1n) is 8.55. The van der Waals surface area contributed by atoms with Crippen LogP contribution in [0, 0.1) is 0 Å². The van der Waals surface area contributed by atoms with Gasteiger partial charge in [0, 0.05) is 30.6 Å². The van der Waals surface area contributed by atoms with Crippen molar-refractivity contribution in [2.24, 2.45) is 10.7 Å². The van der Waals surface area contributed by atoms with Crippen molar-refractivity contribution in [3.63, 3.8) is 0 Å². The number of carbonyl (C=O) groups is 1. The largest absolute Gasteiger partial charge is 0.404 e. The topological polar surface area (TPSA) is 120 Å². The molecule has 1 aromatic carbocycles. The minimum absolute atomic E-state index is 0.303. The van der Waals surface area contributed by atoms with Gasteiger partial charge in [0.2, 0.25) is 5.95 Å². The molecule has 1 saturated carbocycles. The number of nitrogens with zero attached hydrogens (tertiary/aromatic N) is 2. The highest BCUT2D eigenvalue weighted by Crippen LogP contribution is 2.21. The first-order valence-corrected chi connectivity index (χ1v) is 8.55. The van der Waals surface area contributed by atoms with E-state index in [9.17, 15) is 4.79 Å². The van der Waals surface area contributed by atoms with Crippen molar-refractivity contribution in [2.75, 3.05) is 11.9 Å². The van der Waals surface area contributed by atoms with Gasteiger partial charge in [-0.3, -0.25) is 5.32 Å². The van der Waals surface area contributed by atoms with E-state index in [1.165, 1.54) is 6.20 Å². The summed E-state index contributed by atoms with van der Waals surface area (Å²) in [5.74, 6) is 1.01. The molecule has 6 N–H and O–H groups in total. The molecule has 1 aliphatic rings. The number of fused-ring (bicyclic) bond motifs is 1. The number of aromatic amines is 1. The van der Waals surface area contributed by atoms with Gasteiger partial charge in [0.05, 0.1) is 11.0 Å². The van der Waals surface area contributed by atoms with Crippen LogP contribution in [0.25, 0.3) is 16.6 Å². The summed E-state index contributed by atoms with van der Waals surface area (Å²) < 4.78 is 0. The van der Waals surface area contributed by atoms with Crippen molar-refractivity contribution < 1.29 is 4.79 Å². The molecule has 8 heteroatoms. The van der Waals surface area contributed by atoms with Crippen LogP contribution in [0.3, 0.4) is 0 Å². The lowest BCUT2D eigenvalue weighted by Crippen LogP contribution is -2.28. The molecule has 1 aliphatic carbocycles. The number of carbonyl (C=O) groups excluding carboxylic acids is 1. The van der Waals surface area contributed by atoms with Gasteiger partial charge in [-0.05, 0) is 37.5 Å². The van der Waals surface area contributed by atoms with E-state index in [1.54, 1.807) is 6.21 Å². The lowest BCUT2D eigenvalue weighted by Gasteiger charge is -2.04. The van der Waals surface area contributed by atoms with E-state index >= 15 is 0 Å². The molecule has 3 rings (SSSR count). The highest BCUT2D eigenvalue weighted by atomic mass is 16.2. The number of nitrogens with two attached hydrogens (primary N) is 1. The van der Waals surface area contributed by atoms with E-state index in [2.05, 4.69) is 37.5 Å². The second-order valence-electron chi connectivity index (χ2n) is 6.05. The van der Waals surface area contributed by atoms with Gasteiger partial charge >= 0.3 is 6.03 Å². The minimum Gasteiger partial charge on any atom is -0.404 e. The number of rotatable bonds is 7. The zero-order valence-corrected chi connectivity index (χ0v) is 14.7. The standard InChI is InChI=1S/C18H23N7O/c1-3-20-18(26)25-17-23-15-7-4-12(8-16(15)24-17)13(9-19)10-21-11(2)22-14-5-6-14/h4,7-10,14,22H,2-3,5-6,19H2,1H3,(H3,20,23,24,25,26)/b13-9+,21-10-. The molecular formula is C18H23N7O. The van der Waals surface area contributed by atoms with Gasteiger partial charge in [-0.2, -0.15) is 0 Å². The predicted molar refractivity (Wildman–Crippen MR) is 105 cm³/mol. The van der Waals surface area contributed by atoms with Crippen LogP contribution < -0.4 is 21.7 Å². The van der Waals surface area contributed by atoms with Gasteiger partial charge in [0.1, 0.15) is 5.82 Å². The number of aliphatic imine (C=N–C) groups is 1. The van der Waals surface area contributed by atoms with Crippen molar-refractivity contribution in [3.05, 3.63) is 42.4 Å². The number of amides is 2. The predicted octanol–water partition coefficient (Wildman–Crippen LogP) is 2.30. The first-order chi connectivity index (χ1) is 12.6. The van der Waals surface area contributed by atoms with Crippen LogP contribution >= 0.6 is 0 Å². The van der Waals surface area contributed by atoms with Crippen molar-refractivity contribution in [1.82, 2.24) is 20.6 Å². The molecule has 0 radical (unpaired) electrons. The minimum atomic E-state index is -0.303. The molecule has 0 saturated heterocycles. The van der Waals surface area contributed by atoms with E-state index < -0.39 is 0 Å². The number of hydrogen-bond donors (Lipinski definition) is 5. The van der Waals surface area contributed by atoms with E-state index in [0.29, 0.717) is 24.4 Å². The Morgan fingerprint density at radius 2 is 2.31 bits per heavy atom. The van der Waals surface area contributed by atoms with Gasteiger partial charge in [0.25, 0.3) is 0 Å². The van der Waals surface area contributed by atoms with Crippen molar-refractivity contribution >= 4 is 34.8 Å². The fourth-order valence-electron chi connectivity index (χ4n) is 2.42. The van der Waals surface area contributed by atoms with Crippen LogP contribution in [-0.4, -0.2) is 34.8 Å². The Labute approximate surface area is 151 Å². The molecule has 0 atom stereocenters. The summed E-state index contributed by atoms with van der Waals surface area (Å²) in [5, 5.41) is 8.53. The Morgan fingerprint density at radius 3 is 3.00 bits per heavy atom. The number of benzene rings is 1. The molecule has 0 bridgehead atoms. The van der Waals surface area contributed by atoms with E-state index in [4.69, 9.17) is 5.73 Å². The number of H-pyrrole nitrogens is 1. The average molecular weight is 353 g/mol. The zero-order chi connectivity index (χ0) is 18.5. The number of anilines is 1. The lowest BCUT2D eigenvalue weighted by atomic mass is 10.1. The van der Waals surface area contributed by atoms with E-state index in [-0.39, 0.29) is 6.03 Å². The summed E-state index contributed by atoms with van der Waals surface area (Å²) in [5.41, 5.74) is 8.92. The Balaban J connectivity index is 1.74. The summed E-state index contributed by atoms with van der Waals surface area (Å²) in [6, 6.07) is 5.88. The maximum absolute atomic E-state index is 11.6. The number of aromatic nitrogens is 2. The van der Waals surface area contributed by atoms with Gasteiger partial charge in [-0.15, -0.1) is 0 Å². The van der Waals surface area contributed by atoms with Crippen LogP contribution in [0.1, 0.15) is 25.3 Å². The zero-order valence-electron chi connectivity index (χ0n) is 14.7. The Bertz CT molecular complexity index is 877. The van der Waals surface area contributed by atoms with Gasteiger partial charge < -0.3 is 21.4 Å². The molecule has 136 valence electrons. The SMILES string of the molecule is C=C(/N=C\C(=C/N)c1ccc2[nH]c(NC(=O)NCC)nc2c1)NC1CC1. The van der Waals surface area contributed by atoms with Gasteiger partial charge in [0.15, 0.2) is 0 Å². The summed E-state index contributed by atoms with van der Waals surface area (Å²) in [6.45, 7) is 6.28. The van der Waals surface area contributed by atoms with Crippen LogP contribution in [0.2, 0.25) is 0 Å².